The molecule has 0 unspecified atom stereocenters. The van der Waals surface area contributed by atoms with E-state index in [2.05, 4.69) is 52.4 Å². The second-order valence-corrected chi connectivity index (χ2v) is 9.09. The van der Waals surface area contributed by atoms with E-state index in [-0.39, 0.29) is 5.95 Å². The number of nitrogens with one attached hydrogen (secondary N) is 1. The summed E-state index contributed by atoms with van der Waals surface area (Å²) in [5.74, 6) is 2.94. The average molecular weight is 466 g/mol. The molecule has 2 aromatic heterocycles. The molecule has 0 aromatic carbocycles. The van der Waals surface area contributed by atoms with Crippen LogP contribution in [0.5, 0.6) is 0 Å². The molecule has 2 aliphatic heterocycles. The van der Waals surface area contributed by atoms with Crippen molar-refractivity contribution in [3.8, 4) is 11.4 Å². The van der Waals surface area contributed by atoms with Crippen molar-refractivity contribution in [2.45, 2.75) is 27.2 Å². The predicted molar refractivity (Wildman–Crippen MR) is 136 cm³/mol. The largest absolute Gasteiger partial charge is 0.378 e. The fraction of sp³-hybridized carbons (Fsp3) is 0.542. The lowest BCUT2D eigenvalue weighted by Crippen LogP contribution is -2.45. The quantitative estimate of drug-likeness (QED) is 0.489. The van der Waals surface area contributed by atoms with Crippen molar-refractivity contribution in [2.75, 3.05) is 63.1 Å². The number of aromatic nitrogens is 4. The number of ether oxygens (including phenoxy) is 1. The van der Waals surface area contributed by atoms with Crippen molar-refractivity contribution in [1.29, 1.82) is 0 Å². The molecule has 34 heavy (non-hydrogen) atoms. The lowest BCUT2D eigenvalue weighted by Gasteiger charge is -2.31. The van der Waals surface area contributed by atoms with E-state index in [0.717, 1.165) is 74.3 Å². The molecule has 3 N–H and O–H groups in total. The van der Waals surface area contributed by atoms with Crippen molar-refractivity contribution < 1.29 is 4.74 Å². The van der Waals surface area contributed by atoms with Crippen molar-refractivity contribution in [3.63, 3.8) is 0 Å². The number of nitrogens with two attached hydrogens (primary N) is 1. The molecule has 2 saturated heterocycles. The molecule has 0 atom stereocenters. The van der Waals surface area contributed by atoms with Crippen LogP contribution in [0.3, 0.4) is 0 Å². The summed E-state index contributed by atoms with van der Waals surface area (Å²) in [5, 5.41) is 3.40. The van der Waals surface area contributed by atoms with Crippen LogP contribution in [0.25, 0.3) is 17.0 Å². The summed E-state index contributed by atoms with van der Waals surface area (Å²) in [6, 6.07) is 0. The minimum atomic E-state index is 0.217. The van der Waals surface area contributed by atoms with Gasteiger partial charge in [-0.3, -0.25) is 0 Å². The Morgan fingerprint density at radius 2 is 1.82 bits per heavy atom. The molecule has 0 radical (unpaired) electrons. The first-order valence-electron chi connectivity index (χ1n) is 11.9. The fourth-order valence-corrected chi connectivity index (χ4v) is 4.18. The molecule has 0 spiro atoms. The number of amidine groups is 1. The molecular formula is C24H35N9O. The number of rotatable bonds is 6. The lowest BCUT2D eigenvalue weighted by molar-refractivity contribution is 0.122. The lowest BCUT2D eigenvalue weighted by atomic mass is 10.0. The molecule has 0 bridgehead atoms. The van der Waals surface area contributed by atoms with E-state index in [4.69, 9.17) is 25.4 Å². The monoisotopic (exact) mass is 465 g/mol. The van der Waals surface area contributed by atoms with Gasteiger partial charge in [0, 0.05) is 51.7 Å². The minimum absolute atomic E-state index is 0.217. The summed E-state index contributed by atoms with van der Waals surface area (Å²) in [7, 11) is 0. The summed E-state index contributed by atoms with van der Waals surface area (Å²) >= 11 is 0. The van der Waals surface area contributed by atoms with Crippen molar-refractivity contribution >= 4 is 28.9 Å². The summed E-state index contributed by atoms with van der Waals surface area (Å²) in [6.45, 7) is 17.3. The van der Waals surface area contributed by atoms with Gasteiger partial charge in [-0.2, -0.15) is 0 Å². The minimum Gasteiger partial charge on any atom is -0.378 e. The molecule has 4 rings (SSSR count). The van der Waals surface area contributed by atoms with Crippen molar-refractivity contribution in [1.82, 2.24) is 30.2 Å². The van der Waals surface area contributed by atoms with Gasteiger partial charge in [0.1, 0.15) is 11.5 Å². The van der Waals surface area contributed by atoms with Crippen LogP contribution in [0.15, 0.2) is 24.0 Å². The fourth-order valence-electron chi connectivity index (χ4n) is 4.18. The zero-order valence-corrected chi connectivity index (χ0v) is 20.4. The summed E-state index contributed by atoms with van der Waals surface area (Å²) in [4.78, 5) is 27.9. The Kier molecular flexibility index (Phi) is 7.69. The van der Waals surface area contributed by atoms with E-state index in [1.165, 1.54) is 0 Å². The number of nitrogen functional groups attached to an aromatic ring is 1. The smallest absolute Gasteiger partial charge is 0.219 e. The first-order valence-corrected chi connectivity index (χ1v) is 11.9. The molecule has 0 aliphatic carbocycles. The van der Waals surface area contributed by atoms with E-state index >= 15 is 0 Å². The van der Waals surface area contributed by atoms with Gasteiger partial charge in [-0.25, -0.2) is 24.9 Å². The first-order chi connectivity index (χ1) is 16.4. The zero-order chi connectivity index (χ0) is 24.1. The highest BCUT2D eigenvalue weighted by molar-refractivity contribution is 5.89. The van der Waals surface area contributed by atoms with Crippen LogP contribution in [-0.2, 0) is 4.74 Å². The van der Waals surface area contributed by atoms with Gasteiger partial charge in [-0.05, 0) is 24.8 Å². The maximum Gasteiger partial charge on any atom is 0.219 e. The molecule has 0 saturated carbocycles. The molecule has 182 valence electrons. The third-order valence-corrected chi connectivity index (χ3v) is 5.94. The number of aliphatic imine (C=N–C) groups is 1. The molecule has 4 heterocycles. The molecule has 10 nitrogen and oxygen atoms in total. The van der Waals surface area contributed by atoms with Gasteiger partial charge in [-0.1, -0.05) is 20.4 Å². The Balaban J connectivity index is 1.87. The average Bonchev–Trinajstić information content (AvgIpc) is 2.85. The highest BCUT2D eigenvalue weighted by Gasteiger charge is 2.24. The van der Waals surface area contributed by atoms with Crippen LogP contribution < -0.4 is 16.0 Å². The van der Waals surface area contributed by atoms with Crippen LogP contribution in [0.2, 0.25) is 0 Å². The van der Waals surface area contributed by atoms with Gasteiger partial charge in [0.25, 0.3) is 0 Å². The number of nitrogens with zero attached hydrogens (tertiary/aromatic N) is 7. The van der Waals surface area contributed by atoms with Gasteiger partial charge in [0.15, 0.2) is 11.6 Å². The summed E-state index contributed by atoms with van der Waals surface area (Å²) in [6.07, 6.45) is 4.13. The molecule has 2 aromatic rings. The SMILES string of the molecule is C=C(CC(C)C)c1nc(-c2cnc(N)nc2)nc(N2CCOCC2)c1N=C(C)N1CCNCC1. The maximum atomic E-state index is 5.71. The Morgan fingerprint density at radius 1 is 1.15 bits per heavy atom. The Hall–Kier alpha value is -3.11. The van der Waals surface area contributed by atoms with Crippen LogP contribution in [0.4, 0.5) is 17.5 Å². The molecular weight excluding hydrogens is 430 g/mol. The maximum absolute atomic E-state index is 5.71. The predicted octanol–water partition coefficient (Wildman–Crippen LogP) is 2.37. The number of anilines is 2. The Bertz CT molecular complexity index is 1020. The van der Waals surface area contributed by atoms with Crippen LogP contribution in [0, 0.1) is 5.92 Å². The Labute approximate surface area is 201 Å². The number of hydrogen-bond donors (Lipinski definition) is 2. The van der Waals surface area contributed by atoms with Gasteiger partial charge in [-0.15, -0.1) is 0 Å². The van der Waals surface area contributed by atoms with Crippen LogP contribution in [0.1, 0.15) is 32.9 Å². The van der Waals surface area contributed by atoms with Crippen molar-refractivity contribution in [2.24, 2.45) is 10.9 Å². The van der Waals surface area contributed by atoms with Gasteiger partial charge in [0.2, 0.25) is 5.95 Å². The zero-order valence-electron chi connectivity index (χ0n) is 20.4. The normalized spacial score (nSPS) is 17.4. The Morgan fingerprint density at radius 3 is 2.47 bits per heavy atom. The van der Waals surface area contributed by atoms with E-state index in [1.54, 1.807) is 12.4 Å². The first kappa shape index (κ1) is 24.0. The van der Waals surface area contributed by atoms with Crippen LogP contribution in [-0.4, -0.2) is 83.2 Å². The second-order valence-electron chi connectivity index (χ2n) is 9.09. The van der Waals surface area contributed by atoms with E-state index in [9.17, 15) is 0 Å². The van der Waals surface area contributed by atoms with Gasteiger partial charge < -0.3 is 25.6 Å². The number of piperazine rings is 1. The third kappa shape index (κ3) is 5.68. The van der Waals surface area contributed by atoms with Gasteiger partial charge in [0.05, 0.1) is 24.5 Å². The highest BCUT2D eigenvalue weighted by atomic mass is 16.5. The highest BCUT2D eigenvalue weighted by Crippen LogP contribution is 2.38. The van der Waals surface area contributed by atoms with Crippen molar-refractivity contribution in [3.05, 3.63) is 24.7 Å². The molecule has 0 amide bonds. The summed E-state index contributed by atoms with van der Waals surface area (Å²) < 4.78 is 5.61. The third-order valence-electron chi connectivity index (χ3n) is 5.94. The van der Waals surface area contributed by atoms with Crippen LogP contribution >= 0.6 is 0 Å². The van der Waals surface area contributed by atoms with E-state index < -0.39 is 0 Å². The molecule has 2 fully saturated rings. The number of allylic oxidation sites excluding steroid dienone is 1. The number of hydrogen-bond acceptors (Lipinski definition) is 9. The van der Waals surface area contributed by atoms with E-state index in [1.807, 2.05) is 0 Å². The van der Waals surface area contributed by atoms with E-state index in [0.29, 0.717) is 30.5 Å². The molecule has 2 aliphatic rings. The standard InChI is InChI=1S/C24H35N9O/c1-16(2)13-17(3)20-21(29-18(4)32-7-5-26-6-8-32)23(33-9-11-34-12-10-33)31-22(30-20)19-14-27-24(25)28-15-19/h14-16,26H,3,5-13H2,1-2,4H3,(H2,25,27,28). The van der Waals surface area contributed by atoms with Gasteiger partial charge >= 0.3 is 0 Å². The summed E-state index contributed by atoms with van der Waals surface area (Å²) in [5.41, 5.74) is 8.89. The number of morpholine rings is 1. The second kappa shape index (κ2) is 10.9. The topological polar surface area (TPSA) is 118 Å². The molecule has 10 heteroatoms.